The first kappa shape index (κ1) is 25.5. The molecule has 1 fully saturated rings. The van der Waals surface area contributed by atoms with E-state index in [4.69, 9.17) is 4.74 Å². The summed E-state index contributed by atoms with van der Waals surface area (Å²) in [4.78, 5) is 12.8. The van der Waals surface area contributed by atoms with E-state index < -0.39 is 11.9 Å². The van der Waals surface area contributed by atoms with Crippen molar-refractivity contribution in [1.82, 2.24) is 15.2 Å². The maximum absolute atomic E-state index is 12.7. The number of thiazole rings is 1. The van der Waals surface area contributed by atoms with Crippen LogP contribution < -0.4 is 15.0 Å². The summed E-state index contributed by atoms with van der Waals surface area (Å²) in [5, 5.41) is 4.79. The highest BCUT2D eigenvalue weighted by atomic mass is 127. The van der Waals surface area contributed by atoms with Gasteiger partial charge in [-0.25, -0.2) is 4.98 Å². The van der Waals surface area contributed by atoms with E-state index >= 15 is 0 Å². The quantitative estimate of drug-likeness (QED) is 0.323. The summed E-state index contributed by atoms with van der Waals surface area (Å²) in [7, 11) is 1.66. The molecule has 0 radical (unpaired) electrons. The fourth-order valence-corrected chi connectivity index (χ4v) is 4.02. The monoisotopic (exact) mass is 569 g/mol. The molecule has 0 saturated carbocycles. The maximum Gasteiger partial charge on any atom is 0.434 e. The molecule has 0 atom stereocenters. The number of aromatic nitrogens is 1. The SMILES string of the molecule is CCNC(=NCCc1nc(C(F)(F)F)cs1)N1CCN(c2cccc(OC)c2)CC1.I. The first-order valence-electron chi connectivity index (χ1n) is 9.84. The largest absolute Gasteiger partial charge is 0.497 e. The highest BCUT2D eigenvalue weighted by Crippen LogP contribution is 2.30. The Balaban J connectivity index is 0.00000341. The lowest BCUT2D eigenvalue weighted by Gasteiger charge is -2.37. The second-order valence-corrected chi connectivity index (χ2v) is 7.73. The highest BCUT2D eigenvalue weighted by Gasteiger charge is 2.33. The number of anilines is 1. The van der Waals surface area contributed by atoms with Gasteiger partial charge >= 0.3 is 6.18 Å². The van der Waals surface area contributed by atoms with Crippen LogP contribution in [0.3, 0.4) is 0 Å². The van der Waals surface area contributed by atoms with E-state index in [-0.39, 0.29) is 24.0 Å². The van der Waals surface area contributed by atoms with E-state index in [0.717, 1.165) is 66.8 Å². The van der Waals surface area contributed by atoms with Gasteiger partial charge in [-0.05, 0) is 19.1 Å². The molecular weight excluding hydrogens is 542 g/mol. The summed E-state index contributed by atoms with van der Waals surface area (Å²) < 4.78 is 43.3. The van der Waals surface area contributed by atoms with Gasteiger partial charge in [-0.2, -0.15) is 13.2 Å². The van der Waals surface area contributed by atoms with Gasteiger partial charge in [0.05, 0.1) is 12.1 Å². The number of benzene rings is 1. The van der Waals surface area contributed by atoms with E-state index in [9.17, 15) is 13.2 Å². The fraction of sp³-hybridized carbons (Fsp3) is 0.500. The van der Waals surface area contributed by atoms with Gasteiger partial charge in [-0.3, -0.25) is 4.99 Å². The van der Waals surface area contributed by atoms with Gasteiger partial charge in [0.25, 0.3) is 0 Å². The Kier molecular flexibility index (Phi) is 9.66. The number of alkyl halides is 3. The van der Waals surface area contributed by atoms with Crippen molar-refractivity contribution in [3.8, 4) is 5.75 Å². The van der Waals surface area contributed by atoms with Crippen molar-refractivity contribution in [3.05, 3.63) is 40.3 Å². The Morgan fingerprint density at radius 1 is 1.26 bits per heavy atom. The topological polar surface area (TPSA) is 53.0 Å². The van der Waals surface area contributed by atoms with Gasteiger partial charge in [-0.15, -0.1) is 35.3 Å². The van der Waals surface area contributed by atoms with Crippen molar-refractivity contribution < 1.29 is 17.9 Å². The van der Waals surface area contributed by atoms with Gasteiger partial charge < -0.3 is 19.9 Å². The molecule has 1 aliphatic rings. The van der Waals surface area contributed by atoms with Gasteiger partial charge in [-0.1, -0.05) is 6.07 Å². The number of hydrogen-bond acceptors (Lipinski definition) is 5. The zero-order chi connectivity index (χ0) is 21.6. The Morgan fingerprint density at radius 3 is 2.61 bits per heavy atom. The number of nitrogens with zero attached hydrogens (tertiary/aromatic N) is 4. The van der Waals surface area contributed by atoms with E-state index in [1.54, 1.807) is 7.11 Å². The molecule has 1 saturated heterocycles. The number of guanidine groups is 1. The van der Waals surface area contributed by atoms with Crippen LogP contribution >= 0.6 is 35.3 Å². The van der Waals surface area contributed by atoms with Crippen LogP contribution in [0.2, 0.25) is 0 Å². The minimum absolute atomic E-state index is 0. The Bertz CT molecular complexity index is 853. The molecule has 1 aliphatic heterocycles. The summed E-state index contributed by atoms with van der Waals surface area (Å²) in [5.41, 5.74) is 0.298. The van der Waals surface area contributed by atoms with Gasteiger partial charge in [0, 0.05) is 62.8 Å². The number of nitrogens with one attached hydrogen (secondary N) is 1. The van der Waals surface area contributed by atoms with Crippen molar-refractivity contribution in [1.29, 1.82) is 0 Å². The van der Waals surface area contributed by atoms with Crippen LogP contribution in [0.5, 0.6) is 5.75 Å². The Labute approximate surface area is 201 Å². The lowest BCUT2D eigenvalue weighted by atomic mass is 10.2. The summed E-state index contributed by atoms with van der Waals surface area (Å²) in [5.74, 6) is 1.62. The van der Waals surface area contributed by atoms with Crippen molar-refractivity contribution in [2.75, 3.05) is 51.3 Å². The van der Waals surface area contributed by atoms with E-state index in [2.05, 4.69) is 31.2 Å². The fourth-order valence-electron chi connectivity index (χ4n) is 3.22. The highest BCUT2D eigenvalue weighted by molar-refractivity contribution is 14.0. The predicted molar refractivity (Wildman–Crippen MR) is 129 cm³/mol. The molecule has 1 N–H and O–H groups in total. The standard InChI is InChI=1S/C20H26F3N5OS.HI/c1-3-24-19(25-8-7-18-26-17(14-30-18)20(21,22)23)28-11-9-27(10-12-28)15-5-4-6-16(13-15)29-2;/h4-6,13-14H,3,7-12H2,1-2H3,(H,24,25);1H. The molecule has 0 aliphatic carbocycles. The number of piperazine rings is 1. The smallest absolute Gasteiger partial charge is 0.434 e. The summed E-state index contributed by atoms with van der Waals surface area (Å²) in [6.45, 7) is 6.42. The van der Waals surface area contributed by atoms with Crippen molar-refractivity contribution in [3.63, 3.8) is 0 Å². The average molecular weight is 569 g/mol. The van der Waals surface area contributed by atoms with Crippen LogP contribution in [0, 0.1) is 0 Å². The predicted octanol–water partition coefficient (Wildman–Crippen LogP) is 4.12. The van der Waals surface area contributed by atoms with Crippen LogP contribution in [0.15, 0.2) is 34.6 Å². The molecule has 1 aromatic carbocycles. The molecule has 0 bridgehead atoms. The van der Waals surface area contributed by atoms with Crippen molar-refractivity contribution in [2.24, 2.45) is 4.99 Å². The molecule has 0 spiro atoms. The first-order chi connectivity index (χ1) is 14.4. The number of hydrogen-bond donors (Lipinski definition) is 1. The van der Waals surface area contributed by atoms with Crippen LogP contribution in [-0.2, 0) is 12.6 Å². The normalized spacial score (nSPS) is 14.9. The van der Waals surface area contributed by atoms with Crippen molar-refractivity contribution >= 4 is 47.0 Å². The molecule has 6 nitrogen and oxygen atoms in total. The van der Waals surface area contributed by atoms with Gasteiger partial charge in [0.1, 0.15) is 5.75 Å². The summed E-state index contributed by atoms with van der Waals surface area (Å²) in [6.07, 6.45) is -4.01. The van der Waals surface area contributed by atoms with E-state index in [1.807, 2.05) is 25.1 Å². The Hall–Kier alpha value is -1.76. The molecule has 11 heteroatoms. The molecule has 2 aromatic rings. The molecule has 3 rings (SSSR count). The first-order valence-corrected chi connectivity index (χ1v) is 10.7. The summed E-state index contributed by atoms with van der Waals surface area (Å²) >= 11 is 1.03. The number of aliphatic imine (C=N–C) groups is 1. The minimum atomic E-state index is -4.39. The lowest BCUT2D eigenvalue weighted by molar-refractivity contribution is -0.140. The average Bonchev–Trinajstić information content (AvgIpc) is 3.23. The summed E-state index contributed by atoms with van der Waals surface area (Å²) in [6, 6.07) is 8.00. The number of ether oxygens (including phenoxy) is 1. The lowest BCUT2D eigenvalue weighted by Crippen LogP contribution is -2.52. The third kappa shape index (κ3) is 7.13. The molecule has 0 unspecified atom stereocenters. The number of methoxy groups -OCH3 is 1. The molecule has 0 amide bonds. The second-order valence-electron chi connectivity index (χ2n) is 6.79. The van der Waals surface area contributed by atoms with Crippen LogP contribution in [0.1, 0.15) is 17.6 Å². The second kappa shape index (κ2) is 11.7. The number of rotatable bonds is 6. The van der Waals surface area contributed by atoms with E-state index in [1.165, 1.54) is 0 Å². The zero-order valence-corrected chi connectivity index (χ0v) is 20.6. The van der Waals surface area contributed by atoms with Gasteiger partial charge in [0.15, 0.2) is 11.7 Å². The third-order valence-electron chi connectivity index (χ3n) is 4.76. The molecule has 172 valence electrons. The molecule has 2 heterocycles. The Morgan fingerprint density at radius 2 is 2.00 bits per heavy atom. The number of halogens is 4. The minimum Gasteiger partial charge on any atom is -0.497 e. The van der Waals surface area contributed by atoms with Crippen LogP contribution in [-0.4, -0.2) is 62.2 Å². The molecule has 31 heavy (non-hydrogen) atoms. The van der Waals surface area contributed by atoms with Crippen molar-refractivity contribution in [2.45, 2.75) is 19.5 Å². The maximum atomic E-state index is 12.7. The molecule has 1 aromatic heterocycles. The van der Waals surface area contributed by atoms with Gasteiger partial charge in [0.2, 0.25) is 0 Å². The van der Waals surface area contributed by atoms with Crippen LogP contribution in [0.25, 0.3) is 0 Å². The van der Waals surface area contributed by atoms with E-state index in [0.29, 0.717) is 18.0 Å². The van der Waals surface area contributed by atoms with Crippen LogP contribution in [0.4, 0.5) is 18.9 Å². The molecular formula is C20H27F3IN5OS. The third-order valence-corrected chi connectivity index (χ3v) is 5.67. The zero-order valence-electron chi connectivity index (χ0n) is 17.5.